The van der Waals surface area contributed by atoms with Crippen LogP contribution in [-0.4, -0.2) is 84.1 Å². The van der Waals surface area contributed by atoms with Gasteiger partial charge < -0.3 is 29.9 Å². The molecule has 1 aromatic carbocycles. The van der Waals surface area contributed by atoms with E-state index in [0.717, 1.165) is 87.4 Å². The fraction of sp³-hybridized carbons (Fsp3) is 0.588. The molecular weight excluding hydrogens is 568 g/mol. The van der Waals surface area contributed by atoms with Gasteiger partial charge in [-0.3, -0.25) is 4.90 Å². The maximum absolute atomic E-state index is 10.1. The minimum atomic E-state index is -0.415. The van der Waals surface area contributed by atoms with E-state index >= 15 is 0 Å². The van der Waals surface area contributed by atoms with Gasteiger partial charge in [-0.25, -0.2) is 4.98 Å². The van der Waals surface area contributed by atoms with Crippen molar-refractivity contribution >= 4 is 11.5 Å². The second-order valence-electron chi connectivity index (χ2n) is 13.9. The monoisotopic (exact) mass is 610 g/mol. The largest absolute Gasteiger partial charge is 0.473 e. The molecule has 0 amide bonds. The lowest BCUT2D eigenvalue weighted by molar-refractivity contribution is 0.108. The second-order valence-corrected chi connectivity index (χ2v) is 13.9. The number of likely N-dealkylation sites (N-methyl/N-ethyl adjacent to an activating group) is 1. The first-order valence-electron chi connectivity index (χ1n) is 16.4. The molecule has 11 nitrogen and oxygen atoms in total. The highest BCUT2D eigenvalue weighted by molar-refractivity contribution is 5.68. The molecule has 3 aromatic rings. The van der Waals surface area contributed by atoms with E-state index in [1.165, 1.54) is 18.4 Å². The van der Waals surface area contributed by atoms with Gasteiger partial charge in [-0.15, -0.1) is 0 Å². The summed E-state index contributed by atoms with van der Waals surface area (Å²) in [5.74, 6) is 2.78. The number of nitrogen functional groups attached to an aromatic ring is 1. The molecule has 0 bridgehead atoms. The molecule has 5 aliphatic rings. The van der Waals surface area contributed by atoms with Crippen molar-refractivity contribution in [2.24, 2.45) is 0 Å². The lowest BCUT2D eigenvalue weighted by atomic mass is 9.68. The lowest BCUT2D eigenvalue weighted by Crippen LogP contribution is -2.52. The average molecular weight is 611 g/mol. The number of nitrogens with one attached hydrogen (secondary N) is 1. The Balaban J connectivity index is 1.19. The SMILES string of the molecule is COC1CC(C(C)Oc2cc(N3CCNC4(CC4)C3)nc(-c3noc4c3CCCC43CCc4ccc(N)c(C#N)c43)n2)N(C)C1. The number of piperazine rings is 1. The molecule has 4 atom stereocenters. The highest BCUT2D eigenvalue weighted by Gasteiger charge is 2.50. The van der Waals surface area contributed by atoms with Crippen molar-refractivity contribution in [3.8, 4) is 23.5 Å². The fourth-order valence-corrected chi connectivity index (χ4v) is 8.61. The zero-order valence-corrected chi connectivity index (χ0v) is 26.4. The van der Waals surface area contributed by atoms with Crippen LogP contribution in [0.15, 0.2) is 22.7 Å². The third-order valence-electron chi connectivity index (χ3n) is 11.2. The van der Waals surface area contributed by atoms with Crippen LogP contribution in [0.25, 0.3) is 11.5 Å². The summed E-state index contributed by atoms with van der Waals surface area (Å²) in [7, 11) is 3.90. The van der Waals surface area contributed by atoms with E-state index in [1.807, 2.05) is 12.1 Å². The Morgan fingerprint density at radius 1 is 1.20 bits per heavy atom. The Morgan fingerprint density at radius 3 is 2.84 bits per heavy atom. The second kappa shape index (κ2) is 10.7. The molecule has 2 aromatic heterocycles. The number of benzene rings is 1. The van der Waals surface area contributed by atoms with Crippen molar-refractivity contribution in [3.05, 3.63) is 46.2 Å². The summed E-state index contributed by atoms with van der Waals surface area (Å²) < 4.78 is 18.6. The zero-order valence-electron chi connectivity index (χ0n) is 26.4. The summed E-state index contributed by atoms with van der Waals surface area (Å²) >= 11 is 0. The van der Waals surface area contributed by atoms with E-state index in [9.17, 15) is 5.26 Å². The van der Waals surface area contributed by atoms with E-state index in [2.05, 4.69) is 46.4 Å². The fourth-order valence-electron chi connectivity index (χ4n) is 8.61. The van der Waals surface area contributed by atoms with E-state index in [1.54, 1.807) is 7.11 Å². The number of hydrogen-bond donors (Lipinski definition) is 2. The highest BCUT2D eigenvalue weighted by Crippen LogP contribution is 2.54. The normalized spacial score (nSPS) is 27.4. The van der Waals surface area contributed by atoms with Gasteiger partial charge in [0.1, 0.15) is 18.0 Å². The zero-order chi connectivity index (χ0) is 30.9. The van der Waals surface area contributed by atoms with E-state index in [0.29, 0.717) is 28.6 Å². The van der Waals surface area contributed by atoms with Crippen LogP contribution in [-0.2, 0) is 23.0 Å². The van der Waals surface area contributed by atoms with Crippen LogP contribution in [0.5, 0.6) is 5.88 Å². The summed E-state index contributed by atoms with van der Waals surface area (Å²) in [6.07, 6.45) is 7.81. The summed E-state index contributed by atoms with van der Waals surface area (Å²) in [6, 6.07) is 8.54. The number of methoxy groups -OCH3 is 1. The van der Waals surface area contributed by atoms with Gasteiger partial charge in [-0.2, -0.15) is 10.2 Å². The van der Waals surface area contributed by atoms with Crippen LogP contribution in [0.3, 0.4) is 0 Å². The number of nitriles is 1. The lowest BCUT2D eigenvalue weighted by Gasteiger charge is -2.35. The van der Waals surface area contributed by atoms with Gasteiger partial charge in [-0.1, -0.05) is 11.2 Å². The number of ether oxygens (including phenoxy) is 2. The molecule has 0 radical (unpaired) electrons. The summed E-state index contributed by atoms with van der Waals surface area (Å²) in [5, 5.41) is 18.5. The molecule has 4 unspecified atom stereocenters. The Kier molecular flexibility index (Phi) is 6.82. The van der Waals surface area contributed by atoms with Crippen molar-refractivity contribution in [1.82, 2.24) is 25.3 Å². The van der Waals surface area contributed by atoms with Crippen LogP contribution in [0.1, 0.15) is 73.5 Å². The number of nitrogens with two attached hydrogens (primary N) is 1. The van der Waals surface area contributed by atoms with Crippen molar-refractivity contribution in [1.29, 1.82) is 5.26 Å². The molecule has 3 fully saturated rings. The molecule has 2 saturated heterocycles. The molecule has 8 rings (SSSR count). The van der Waals surface area contributed by atoms with E-state index in [-0.39, 0.29) is 23.8 Å². The Bertz CT molecular complexity index is 1680. The molecule has 2 spiro atoms. The number of aromatic nitrogens is 3. The number of anilines is 2. The Morgan fingerprint density at radius 2 is 2.07 bits per heavy atom. The van der Waals surface area contributed by atoms with Crippen molar-refractivity contribution in [3.63, 3.8) is 0 Å². The van der Waals surface area contributed by atoms with Crippen molar-refractivity contribution in [2.75, 3.05) is 51.0 Å². The van der Waals surface area contributed by atoms with Gasteiger partial charge in [0, 0.05) is 62.2 Å². The molecular formula is C34H42N8O3. The van der Waals surface area contributed by atoms with Crippen molar-refractivity contribution < 1.29 is 14.0 Å². The standard InChI is InChI=1S/C34H42N8O3/c1-20(26-15-22(43-3)18-41(26)2)44-28-16-27(42-14-13-37-33(19-42)11-12-33)38-32(39-28)30-23-5-4-9-34(31(23)45-40-30)10-8-21-6-7-25(36)24(17-35)29(21)34/h6-7,16,20,22,26,37H,4-5,8-15,18-19,36H2,1-3H3. The quantitative estimate of drug-likeness (QED) is 0.396. The van der Waals surface area contributed by atoms with Crippen LogP contribution < -0.4 is 20.7 Å². The Hall–Kier alpha value is -3.72. The van der Waals surface area contributed by atoms with Gasteiger partial charge in [0.25, 0.3) is 0 Å². The minimum Gasteiger partial charge on any atom is -0.473 e. The molecule has 3 aliphatic carbocycles. The molecule has 236 valence electrons. The van der Waals surface area contributed by atoms with Crippen LogP contribution in [0.2, 0.25) is 0 Å². The molecule has 11 heteroatoms. The summed E-state index contributed by atoms with van der Waals surface area (Å²) in [6.45, 7) is 5.69. The third-order valence-corrected chi connectivity index (χ3v) is 11.2. The van der Waals surface area contributed by atoms with Crippen LogP contribution in [0.4, 0.5) is 11.5 Å². The van der Waals surface area contributed by atoms with E-state index < -0.39 is 5.41 Å². The maximum Gasteiger partial charge on any atom is 0.219 e. The summed E-state index contributed by atoms with van der Waals surface area (Å²) in [4.78, 5) is 14.8. The van der Waals surface area contributed by atoms with E-state index in [4.69, 9.17) is 29.7 Å². The average Bonchev–Trinajstić information content (AvgIpc) is 3.35. The molecule has 3 N–H and O–H groups in total. The topological polar surface area (TPSA) is 139 Å². The van der Waals surface area contributed by atoms with Gasteiger partial charge in [0.15, 0.2) is 17.3 Å². The molecule has 2 aliphatic heterocycles. The number of fused-ring (bicyclic) bond motifs is 4. The number of likely N-dealkylation sites (tertiary alicyclic amines) is 1. The van der Waals surface area contributed by atoms with Gasteiger partial charge in [0.05, 0.1) is 17.1 Å². The molecule has 1 saturated carbocycles. The number of rotatable bonds is 6. The summed E-state index contributed by atoms with van der Waals surface area (Å²) in [5.41, 5.74) is 11.1. The Labute approximate surface area is 264 Å². The minimum absolute atomic E-state index is 0.0945. The first-order valence-corrected chi connectivity index (χ1v) is 16.4. The first kappa shape index (κ1) is 28.7. The molecule has 45 heavy (non-hydrogen) atoms. The van der Waals surface area contributed by atoms with Crippen LogP contribution in [0, 0.1) is 11.3 Å². The number of aryl methyl sites for hydroxylation is 1. The number of nitrogens with zero attached hydrogens (tertiary/aromatic N) is 6. The van der Waals surface area contributed by atoms with Crippen molar-refractivity contribution in [2.45, 2.75) is 87.5 Å². The third kappa shape index (κ3) is 4.68. The highest BCUT2D eigenvalue weighted by atomic mass is 16.5. The predicted molar refractivity (Wildman–Crippen MR) is 169 cm³/mol. The first-order chi connectivity index (χ1) is 21.8. The molecule has 4 heterocycles. The van der Waals surface area contributed by atoms with Gasteiger partial charge >= 0.3 is 0 Å². The van der Waals surface area contributed by atoms with Gasteiger partial charge in [-0.05, 0) is 82.5 Å². The number of hydrogen-bond acceptors (Lipinski definition) is 11. The maximum atomic E-state index is 10.1. The van der Waals surface area contributed by atoms with Crippen LogP contribution >= 0.6 is 0 Å². The predicted octanol–water partition coefficient (Wildman–Crippen LogP) is 3.58. The smallest absolute Gasteiger partial charge is 0.219 e. The van der Waals surface area contributed by atoms with Gasteiger partial charge in [0.2, 0.25) is 5.88 Å².